The first kappa shape index (κ1) is 18.5. The van der Waals surface area contributed by atoms with Crippen molar-refractivity contribution < 1.29 is 18.4 Å². The van der Waals surface area contributed by atoms with Crippen LogP contribution in [-0.4, -0.2) is 31.9 Å². The number of benzene rings is 1. The van der Waals surface area contributed by atoms with E-state index < -0.39 is 20.0 Å². The Morgan fingerprint density at radius 1 is 0.957 bits per heavy atom. The van der Waals surface area contributed by atoms with Crippen LogP contribution in [0.15, 0.2) is 24.3 Å². The van der Waals surface area contributed by atoms with Crippen molar-refractivity contribution in [3.63, 3.8) is 0 Å². The summed E-state index contributed by atoms with van der Waals surface area (Å²) in [5, 5.41) is 0. The molecule has 1 fully saturated rings. The summed E-state index contributed by atoms with van der Waals surface area (Å²) in [5.41, 5.74) is 0.407. The molecule has 1 aromatic carbocycles. The second-order valence-corrected chi connectivity index (χ2v) is 10.7. The van der Waals surface area contributed by atoms with Crippen molar-refractivity contribution in [2.24, 2.45) is 0 Å². The molecule has 130 valence electrons. The predicted octanol–water partition coefficient (Wildman–Crippen LogP) is 4.11. The van der Waals surface area contributed by atoms with Crippen molar-refractivity contribution in [1.29, 1.82) is 0 Å². The van der Waals surface area contributed by atoms with Crippen LogP contribution in [0.5, 0.6) is 5.75 Å². The Morgan fingerprint density at radius 3 is 1.83 bits per heavy atom. The van der Waals surface area contributed by atoms with Gasteiger partial charge in [-0.3, -0.25) is 0 Å². The lowest BCUT2D eigenvalue weighted by atomic mass is 10.1. The SMILES string of the molecule is COc1ccc([C@@H]2C[C@H]2[Si](O)(OC(C)(C)C)OC(C)(C)C)cc1. The van der Waals surface area contributed by atoms with Crippen LogP contribution >= 0.6 is 0 Å². The van der Waals surface area contributed by atoms with Crippen LogP contribution in [-0.2, 0) is 8.85 Å². The molecule has 0 amide bonds. The molecule has 2 atom stereocenters. The van der Waals surface area contributed by atoms with Crippen LogP contribution < -0.4 is 4.74 Å². The summed E-state index contributed by atoms with van der Waals surface area (Å²) in [6, 6.07) is 8.04. The molecule has 1 aliphatic rings. The fourth-order valence-electron chi connectivity index (χ4n) is 2.87. The molecular formula is C18H30O4Si. The van der Waals surface area contributed by atoms with Crippen LogP contribution in [0.25, 0.3) is 0 Å². The molecule has 1 saturated carbocycles. The van der Waals surface area contributed by atoms with Gasteiger partial charge in [-0.25, -0.2) is 0 Å². The molecule has 0 heterocycles. The summed E-state index contributed by atoms with van der Waals surface area (Å²) in [6.45, 7) is 11.8. The van der Waals surface area contributed by atoms with Gasteiger partial charge in [-0.2, -0.15) is 0 Å². The third-order valence-electron chi connectivity index (χ3n) is 3.71. The summed E-state index contributed by atoms with van der Waals surface area (Å²) in [4.78, 5) is 11.2. The first-order chi connectivity index (χ1) is 10.4. The first-order valence-electron chi connectivity index (χ1n) is 8.20. The first-order valence-corrected chi connectivity index (χ1v) is 10.0. The lowest BCUT2D eigenvalue weighted by Gasteiger charge is -2.37. The van der Waals surface area contributed by atoms with Gasteiger partial charge in [-0.15, -0.1) is 0 Å². The maximum absolute atomic E-state index is 11.2. The highest BCUT2D eigenvalue weighted by Gasteiger charge is 2.62. The third-order valence-corrected chi connectivity index (χ3v) is 7.09. The minimum Gasteiger partial charge on any atom is -0.497 e. The van der Waals surface area contributed by atoms with Gasteiger partial charge in [0, 0.05) is 5.54 Å². The zero-order valence-electron chi connectivity index (χ0n) is 15.3. The quantitative estimate of drug-likeness (QED) is 0.821. The number of hydrogen-bond donors (Lipinski definition) is 1. The highest BCUT2D eigenvalue weighted by molar-refractivity contribution is 6.62. The molecule has 23 heavy (non-hydrogen) atoms. The van der Waals surface area contributed by atoms with E-state index in [2.05, 4.69) is 12.1 Å². The maximum atomic E-state index is 11.2. The van der Waals surface area contributed by atoms with Crippen LogP contribution in [0.4, 0.5) is 0 Å². The maximum Gasteiger partial charge on any atom is 0.502 e. The zero-order valence-corrected chi connectivity index (χ0v) is 16.3. The summed E-state index contributed by atoms with van der Waals surface area (Å²) in [5.74, 6) is 1.14. The van der Waals surface area contributed by atoms with E-state index in [1.807, 2.05) is 53.7 Å². The monoisotopic (exact) mass is 338 g/mol. The average Bonchev–Trinajstić information content (AvgIpc) is 3.15. The molecule has 0 bridgehead atoms. The number of hydrogen-bond acceptors (Lipinski definition) is 4. The van der Waals surface area contributed by atoms with E-state index in [4.69, 9.17) is 13.6 Å². The predicted molar refractivity (Wildman–Crippen MR) is 93.8 cm³/mol. The smallest absolute Gasteiger partial charge is 0.497 e. The van der Waals surface area contributed by atoms with Crippen molar-refractivity contribution in [2.45, 2.75) is 70.6 Å². The van der Waals surface area contributed by atoms with Crippen molar-refractivity contribution >= 4 is 8.80 Å². The number of rotatable bonds is 5. The van der Waals surface area contributed by atoms with E-state index in [1.165, 1.54) is 5.56 Å². The molecule has 1 aromatic rings. The van der Waals surface area contributed by atoms with E-state index in [-0.39, 0.29) is 5.54 Å². The summed E-state index contributed by atoms with van der Waals surface area (Å²) < 4.78 is 17.3. The van der Waals surface area contributed by atoms with E-state index >= 15 is 0 Å². The topological polar surface area (TPSA) is 47.9 Å². The fraction of sp³-hybridized carbons (Fsp3) is 0.667. The molecule has 1 N–H and O–H groups in total. The van der Waals surface area contributed by atoms with Crippen LogP contribution in [0.1, 0.15) is 59.4 Å². The molecule has 0 aliphatic heterocycles. The normalized spacial score (nSPS) is 22.1. The Bertz CT molecular complexity index is 511. The Kier molecular flexibility index (Phi) is 4.98. The van der Waals surface area contributed by atoms with E-state index in [0.717, 1.165) is 12.2 Å². The van der Waals surface area contributed by atoms with Crippen LogP contribution in [0.2, 0.25) is 5.54 Å². The highest BCUT2D eigenvalue weighted by atomic mass is 28.4. The lowest BCUT2D eigenvalue weighted by Crippen LogP contribution is -2.52. The number of methoxy groups -OCH3 is 1. The number of ether oxygens (including phenoxy) is 1. The van der Waals surface area contributed by atoms with Gasteiger partial charge >= 0.3 is 8.80 Å². The molecule has 5 heteroatoms. The molecule has 0 aromatic heterocycles. The molecule has 4 nitrogen and oxygen atoms in total. The molecule has 2 rings (SSSR count). The van der Waals surface area contributed by atoms with Crippen LogP contribution in [0, 0.1) is 0 Å². The second kappa shape index (κ2) is 6.20. The minimum atomic E-state index is -3.29. The Balaban J connectivity index is 2.17. The molecular weight excluding hydrogens is 308 g/mol. The molecule has 1 aliphatic carbocycles. The Hall–Kier alpha value is -0.883. The standard InChI is InChI=1S/C18H30O4Si/c1-17(2,3)21-23(19,22-18(4,5)6)16-12-15(16)13-8-10-14(20-7)11-9-13/h8-11,15-16,19H,12H2,1-7H3/t15-,16+/m0/s1. The summed E-state index contributed by atoms with van der Waals surface area (Å²) >= 11 is 0. The Labute approximate surface area is 141 Å². The van der Waals surface area contributed by atoms with Gasteiger partial charge in [0.15, 0.2) is 0 Å². The summed E-state index contributed by atoms with van der Waals surface area (Å²) in [7, 11) is -1.62. The second-order valence-electron chi connectivity index (χ2n) is 8.28. The third kappa shape index (κ3) is 5.04. The van der Waals surface area contributed by atoms with Gasteiger partial charge in [-0.1, -0.05) is 12.1 Å². The van der Waals surface area contributed by atoms with Crippen molar-refractivity contribution in [1.82, 2.24) is 0 Å². The van der Waals surface area contributed by atoms with E-state index in [1.54, 1.807) is 7.11 Å². The van der Waals surface area contributed by atoms with Crippen molar-refractivity contribution in [3.8, 4) is 5.75 Å². The highest BCUT2D eigenvalue weighted by Crippen LogP contribution is 2.59. The molecule has 0 spiro atoms. The van der Waals surface area contributed by atoms with Crippen molar-refractivity contribution in [2.75, 3.05) is 7.11 Å². The largest absolute Gasteiger partial charge is 0.502 e. The van der Waals surface area contributed by atoms with E-state index in [9.17, 15) is 4.80 Å². The van der Waals surface area contributed by atoms with Crippen LogP contribution in [0.3, 0.4) is 0 Å². The van der Waals surface area contributed by atoms with E-state index in [0.29, 0.717) is 5.92 Å². The average molecular weight is 339 g/mol. The zero-order chi connectivity index (χ0) is 17.5. The molecule has 0 radical (unpaired) electrons. The van der Waals surface area contributed by atoms with Gasteiger partial charge < -0.3 is 18.4 Å². The van der Waals surface area contributed by atoms with Gasteiger partial charge in [0.1, 0.15) is 5.75 Å². The van der Waals surface area contributed by atoms with Gasteiger partial charge in [0.2, 0.25) is 0 Å². The molecule has 0 saturated heterocycles. The molecule has 0 unspecified atom stereocenters. The van der Waals surface area contributed by atoms with Crippen molar-refractivity contribution in [3.05, 3.63) is 29.8 Å². The fourth-order valence-corrected chi connectivity index (χ4v) is 6.22. The minimum absolute atomic E-state index is 0.0642. The lowest BCUT2D eigenvalue weighted by molar-refractivity contribution is -0.0285. The Morgan fingerprint density at radius 2 is 1.43 bits per heavy atom. The van der Waals surface area contributed by atoms with Gasteiger partial charge in [-0.05, 0) is 71.6 Å². The van der Waals surface area contributed by atoms with Gasteiger partial charge in [0.25, 0.3) is 0 Å². The van der Waals surface area contributed by atoms with Gasteiger partial charge in [0.05, 0.1) is 18.3 Å². The summed E-state index contributed by atoms with van der Waals surface area (Å²) in [6.07, 6.45) is 0.904.